The second-order valence-corrected chi connectivity index (χ2v) is 6.64. The van der Waals surface area contributed by atoms with Gasteiger partial charge >= 0.3 is 5.97 Å². The zero-order valence-corrected chi connectivity index (χ0v) is 15.0. The smallest absolute Gasteiger partial charge is 0.309 e. The normalized spacial score (nSPS) is 15.4. The number of benzene rings is 1. The van der Waals surface area contributed by atoms with Crippen LogP contribution in [0.5, 0.6) is 0 Å². The SMILES string of the molecule is CCOC(=O)C1CCN(C(=O)c2cc3cc(C)ccc3nc2C)CC1. The van der Waals surface area contributed by atoms with Crippen LogP contribution in [0.1, 0.15) is 41.4 Å². The maximum Gasteiger partial charge on any atom is 0.309 e. The number of piperidine rings is 1. The molecule has 0 N–H and O–H groups in total. The van der Waals surface area contributed by atoms with Crippen molar-refractivity contribution in [2.45, 2.75) is 33.6 Å². The fourth-order valence-electron chi connectivity index (χ4n) is 3.36. The monoisotopic (exact) mass is 340 g/mol. The third kappa shape index (κ3) is 3.65. The maximum absolute atomic E-state index is 12.9. The number of aryl methyl sites for hydroxylation is 2. The van der Waals surface area contributed by atoms with Gasteiger partial charge in [0.1, 0.15) is 0 Å². The van der Waals surface area contributed by atoms with Gasteiger partial charge in [0.25, 0.3) is 5.91 Å². The van der Waals surface area contributed by atoms with E-state index < -0.39 is 0 Å². The van der Waals surface area contributed by atoms with Gasteiger partial charge in [0.05, 0.1) is 29.3 Å². The van der Waals surface area contributed by atoms with Gasteiger partial charge in [-0.25, -0.2) is 0 Å². The molecule has 1 saturated heterocycles. The number of ether oxygens (including phenoxy) is 1. The molecule has 1 aliphatic heterocycles. The summed E-state index contributed by atoms with van der Waals surface area (Å²) in [4.78, 5) is 31.2. The summed E-state index contributed by atoms with van der Waals surface area (Å²) in [5.41, 5.74) is 3.44. The van der Waals surface area contributed by atoms with Gasteiger partial charge in [0, 0.05) is 18.5 Å². The minimum absolute atomic E-state index is 0.00397. The molecule has 132 valence electrons. The third-order valence-electron chi connectivity index (χ3n) is 4.79. The van der Waals surface area contributed by atoms with E-state index in [1.165, 1.54) is 0 Å². The first-order chi connectivity index (χ1) is 12.0. The second kappa shape index (κ2) is 7.21. The lowest BCUT2D eigenvalue weighted by Gasteiger charge is -2.31. The summed E-state index contributed by atoms with van der Waals surface area (Å²) in [7, 11) is 0. The standard InChI is InChI=1S/C20H24N2O3/c1-4-25-20(24)15-7-9-22(10-8-15)19(23)17-12-16-11-13(2)5-6-18(16)21-14(17)3/h5-6,11-12,15H,4,7-10H2,1-3H3. The lowest BCUT2D eigenvalue weighted by atomic mass is 9.96. The number of fused-ring (bicyclic) bond motifs is 1. The van der Waals surface area contributed by atoms with Crippen molar-refractivity contribution in [1.29, 1.82) is 0 Å². The van der Waals surface area contributed by atoms with Crippen molar-refractivity contribution in [2.75, 3.05) is 19.7 Å². The average molecular weight is 340 g/mol. The number of likely N-dealkylation sites (tertiary alicyclic amines) is 1. The fourth-order valence-corrected chi connectivity index (χ4v) is 3.36. The average Bonchev–Trinajstić information content (AvgIpc) is 2.61. The molecule has 5 heteroatoms. The van der Waals surface area contributed by atoms with E-state index in [0.717, 1.165) is 22.2 Å². The van der Waals surface area contributed by atoms with E-state index in [-0.39, 0.29) is 17.8 Å². The zero-order valence-electron chi connectivity index (χ0n) is 15.0. The molecule has 0 atom stereocenters. The van der Waals surface area contributed by atoms with Crippen LogP contribution < -0.4 is 0 Å². The van der Waals surface area contributed by atoms with Crippen molar-refractivity contribution in [3.8, 4) is 0 Å². The van der Waals surface area contributed by atoms with E-state index in [2.05, 4.69) is 4.98 Å². The van der Waals surface area contributed by atoms with Crippen molar-refractivity contribution < 1.29 is 14.3 Å². The van der Waals surface area contributed by atoms with E-state index in [9.17, 15) is 9.59 Å². The number of amides is 1. The first-order valence-electron chi connectivity index (χ1n) is 8.83. The molecule has 5 nitrogen and oxygen atoms in total. The Morgan fingerprint density at radius 1 is 1.20 bits per heavy atom. The summed E-state index contributed by atoms with van der Waals surface area (Å²) in [6.07, 6.45) is 1.31. The van der Waals surface area contributed by atoms with Crippen LogP contribution in [0, 0.1) is 19.8 Å². The van der Waals surface area contributed by atoms with Crippen LogP contribution in [0.4, 0.5) is 0 Å². The summed E-state index contributed by atoms with van der Waals surface area (Å²) in [6.45, 7) is 7.27. The number of rotatable bonds is 3. The highest BCUT2D eigenvalue weighted by molar-refractivity contribution is 5.98. The van der Waals surface area contributed by atoms with Crippen molar-refractivity contribution in [3.05, 3.63) is 41.1 Å². The van der Waals surface area contributed by atoms with Crippen LogP contribution in [-0.4, -0.2) is 41.5 Å². The van der Waals surface area contributed by atoms with Crippen LogP contribution >= 0.6 is 0 Å². The molecule has 1 aromatic heterocycles. The molecule has 2 heterocycles. The summed E-state index contributed by atoms with van der Waals surface area (Å²) in [5.74, 6) is -0.244. The van der Waals surface area contributed by atoms with Gasteiger partial charge in [-0.1, -0.05) is 11.6 Å². The van der Waals surface area contributed by atoms with E-state index in [4.69, 9.17) is 4.74 Å². The lowest BCUT2D eigenvalue weighted by molar-refractivity contribution is -0.149. The summed E-state index contributed by atoms with van der Waals surface area (Å²) in [5, 5.41) is 0.982. The summed E-state index contributed by atoms with van der Waals surface area (Å²) in [6, 6.07) is 7.99. The highest BCUT2D eigenvalue weighted by Gasteiger charge is 2.29. The molecule has 2 aromatic rings. The molecule has 25 heavy (non-hydrogen) atoms. The van der Waals surface area contributed by atoms with Crippen molar-refractivity contribution in [3.63, 3.8) is 0 Å². The summed E-state index contributed by atoms with van der Waals surface area (Å²) < 4.78 is 5.09. The molecular weight excluding hydrogens is 316 g/mol. The molecule has 1 amide bonds. The Kier molecular flexibility index (Phi) is 5.02. The van der Waals surface area contributed by atoms with E-state index in [0.29, 0.717) is 38.1 Å². The Balaban J connectivity index is 1.76. The van der Waals surface area contributed by atoms with E-state index in [1.807, 2.05) is 49.9 Å². The van der Waals surface area contributed by atoms with Crippen LogP contribution in [0.3, 0.4) is 0 Å². The van der Waals surface area contributed by atoms with E-state index >= 15 is 0 Å². The zero-order chi connectivity index (χ0) is 18.0. The predicted molar refractivity (Wildman–Crippen MR) is 96.5 cm³/mol. The highest BCUT2D eigenvalue weighted by atomic mass is 16.5. The Bertz CT molecular complexity index is 808. The molecule has 0 bridgehead atoms. The Morgan fingerprint density at radius 3 is 2.60 bits per heavy atom. The molecule has 1 fully saturated rings. The Hall–Kier alpha value is -2.43. The molecule has 0 unspecified atom stereocenters. The molecule has 0 saturated carbocycles. The molecular formula is C20H24N2O3. The number of hydrogen-bond donors (Lipinski definition) is 0. The van der Waals surface area contributed by atoms with Gasteiger partial charge in [0.2, 0.25) is 0 Å². The number of aromatic nitrogens is 1. The molecule has 0 radical (unpaired) electrons. The second-order valence-electron chi connectivity index (χ2n) is 6.64. The van der Waals surface area contributed by atoms with Gasteiger partial charge < -0.3 is 9.64 Å². The number of hydrogen-bond acceptors (Lipinski definition) is 4. The third-order valence-corrected chi connectivity index (χ3v) is 4.79. The predicted octanol–water partition coefficient (Wildman–Crippen LogP) is 3.27. The first kappa shape index (κ1) is 17.4. The fraction of sp³-hybridized carbons (Fsp3) is 0.450. The first-order valence-corrected chi connectivity index (χ1v) is 8.83. The Labute approximate surface area is 148 Å². The van der Waals surface area contributed by atoms with E-state index in [1.54, 1.807) is 0 Å². The van der Waals surface area contributed by atoms with Crippen LogP contribution in [0.2, 0.25) is 0 Å². The molecule has 1 aromatic carbocycles. The molecule has 3 rings (SSSR count). The minimum atomic E-state index is -0.145. The van der Waals surface area contributed by atoms with Gasteiger partial charge in [-0.3, -0.25) is 14.6 Å². The van der Waals surface area contributed by atoms with Crippen molar-refractivity contribution in [1.82, 2.24) is 9.88 Å². The molecule has 1 aliphatic rings. The van der Waals surface area contributed by atoms with Gasteiger partial charge in [-0.05, 0) is 51.8 Å². The number of carbonyl (C=O) groups is 2. The largest absolute Gasteiger partial charge is 0.466 e. The van der Waals surface area contributed by atoms with Gasteiger partial charge in [-0.15, -0.1) is 0 Å². The van der Waals surface area contributed by atoms with Gasteiger partial charge in [-0.2, -0.15) is 0 Å². The molecule has 0 spiro atoms. The van der Waals surface area contributed by atoms with Gasteiger partial charge in [0.15, 0.2) is 0 Å². The highest BCUT2D eigenvalue weighted by Crippen LogP contribution is 2.23. The maximum atomic E-state index is 12.9. The number of nitrogens with zero attached hydrogens (tertiary/aromatic N) is 2. The van der Waals surface area contributed by atoms with Crippen molar-refractivity contribution >= 4 is 22.8 Å². The van der Waals surface area contributed by atoms with Crippen LogP contribution in [0.25, 0.3) is 10.9 Å². The lowest BCUT2D eigenvalue weighted by Crippen LogP contribution is -2.41. The quantitative estimate of drug-likeness (QED) is 0.805. The summed E-state index contributed by atoms with van der Waals surface area (Å²) >= 11 is 0. The molecule has 0 aliphatic carbocycles. The van der Waals surface area contributed by atoms with Crippen molar-refractivity contribution in [2.24, 2.45) is 5.92 Å². The van der Waals surface area contributed by atoms with Crippen LogP contribution in [0.15, 0.2) is 24.3 Å². The number of carbonyl (C=O) groups excluding carboxylic acids is 2. The Morgan fingerprint density at radius 2 is 1.92 bits per heavy atom. The number of pyridine rings is 1. The number of esters is 1. The minimum Gasteiger partial charge on any atom is -0.466 e. The topological polar surface area (TPSA) is 59.5 Å². The van der Waals surface area contributed by atoms with Crippen LogP contribution in [-0.2, 0) is 9.53 Å².